The van der Waals surface area contributed by atoms with Crippen LogP contribution in [0.3, 0.4) is 0 Å². The van der Waals surface area contributed by atoms with Crippen LogP contribution in [0.4, 0.5) is 11.5 Å². The first-order valence-corrected chi connectivity index (χ1v) is 11.7. The standard InChI is InChI=1S/C24H30N6O6/c1-4-6-12-28(19-20(25)29(11-5-2)24(35)27-21(19)32)18(31)14-36-22(33)16-7-9-17(10-8-16)30-15(3)13-26-23(30)34/h7-10,13H,4-6,11-12,14,25H2,1-3H3,(H,26,34)(H,27,32,35). The zero-order valence-electron chi connectivity index (χ0n) is 20.5. The molecule has 4 N–H and O–H groups in total. The summed E-state index contributed by atoms with van der Waals surface area (Å²) in [5.41, 5.74) is 5.68. The average molecular weight is 499 g/mol. The molecule has 1 aromatic carbocycles. The number of imidazole rings is 1. The highest BCUT2D eigenvalue weighted by molar-refractivity contribution is 5.98. The third-order valence-corrected chi connectivity index (χ3v) is 5.62. The van der Waals surface area contributed by atoms with Gasteiger partial charge in [0, 0.05) is 25.0 Å². The molecule has 192 valence electrons. The van der Waals surface area contributed by atoms with Gasteiger partial charge in [-0.25, -0.2) is 14.4 Å². The van der Waals surface area contributed by atoms with E-state index in [9.17, 15) is 24.0 Å². The van der Waals surface area contributed by atoms with Crippen LogP contribution in [0.5, 0.6) is 0 Å². The molecule has 12 heteroatoms. The number of benzene rings is 1. The van der Waals surface area contributed by atoms with Crippen molar-refractivity contribution in [3.63, 3.8) is 0 Å². The molecule has 12 nitrogen and oxygen atoms in total. The maximum Gasteiger partial charge on any atom is 0.338 e. The van der Waals surface area contributed by atoms with Gasteiger partial charge in [0.25, 0.3) is 11.5 Å². The van der Waals surface area contributed by atoms with Crippen molar-refractivity contribution in [3.05, 3.63) is 73.0 Å². The largest absolute Gasteiger partial charge is 0.452 e. The van der Waals surface area contributed by atoms with Crippen LogP contribution in [0.25, 0.3) is 5.69 Å². The molecular formula is C24H30N6O6. The molecule has 36 heavy (non-hydrogen) atoms. The van der Waals surface area contributed by atoms with Gasteiger partial charge in [-0.15, -0.1) is 0 Å². The van der Waals surface area contributed by atoms with E-state index in [0.717, 1.165) is 11.3 Å². The number of aromatic amines is 2. The van der Waals surface area contributed by atoms with Gasteiger partial charge in [-0.3, -0.25) is 23.7 Å². The quantitative estimate of drug-likeness (QED) is 0.354. The van der Waals surface area contributed by atoms with Crippen molar-refractivity contribution in [1.82, 2.24) is 19.1 Å². The topological polar surface area (TPSA) is 165 Å². The summed E-state index contributed by atoms with van der Waals surface area (Å²) < 4.78 is 7.86. The van der Waals surface area contributed by atoms with Crippen LogP contribution in [0.2, 0.25) is 0 Å². The number of carbonyl (C=O) groups is 2. The van der Waals surface area contributed by atoms with Gasteiger partial charge in [-0.2, -0.15) is 0 Å². The molecule has 2 heterocycles. The average Bonchev–Trinajstić information content (AvgIpc) is 3.19. The predicted molar refractivity (Wildman–Crippen MR) is 135 cm³/mol. The fourth-order valence-corrected chi connectivity index (χ4v) is 3.77. The molecule has 0 saturated heterocycles. The number of hydrogen-bond acceptors (Lipinski definition) is 7. The summed E-state index contributed by atoms with van der Waals surface area (Å²) in [5.74, 6) is -1.52. The van der Waals surface area contributed by atoms with E-state index in [1.165, 1.54) is 21.3 Å². The maximum atomic E-state index is 13.0. The lowest BCUT2D eigenvalue weighted by molar-refractivity contribution is -0.121. The Morgan fingerprint density at radius 3 is 2.33 bits per heavy atom. The van der Waals surface area contributed by atoms with Crippen molar-refractivity contribution in [2.24, 2.45) is 0 Å². The van der Waals surface area contributed by atoms with Gasteiger partial charge >= 0.3 is 17.3 Å². The number of ether oxygens (including phenoxy) is 1. The number of aromatic nitrogens is 4. The van der Waals surface area contributed by atoms with Gasteiger partial charge in [0.1, 0.15) is 5.82 Å². The number of carbonyl (C=O) groups excluding carboxylic acids is 2. The summed E-state index contributed by atoms with van der Waals surface area (Å²) in [7, 11) is 0. The molecule has 1 amide bonds. The number of amides is 1. The minimum absolute atomic E-state index is 0.118. The summed E-state index contributed by atoms with van der Waals surface area (Å²) >= 11 is 0. The Labute approximate surface area is 206 Å². The third kappa shape index (κ3) is 5.48. The van der Waals surface area contributed by atoms with Crippen molar-refractivity contribution in [2.75, 3.05) is 23.8 Å². The second-order valence-electron chi connectivity index (χ2n) is 8.24. The molecule has 0 aliphatic carbocycles. The van der Waals surface area contributed by atoms with Crippen LogP contribution in [0.15, 0.2) is 44.8 Å². The highest BCUT2D eigenvalue weighted by Gasteiger charge is 2.25. The van der Waals surface area contributed by atoms with E-state index in [2.05, 4.69) is 9.97 Å². The SMILES string of the molecule is CCCCN(C(=O)COC(=O)c1ccc(-n2c(C)c[nH]c2=O)cc1)c1c(N)n(CCC)c(=O)[nH]c1=O. The second kappa shape index (κ2) is 11.4. The normalized spacial score (nSPS) is 10.9. The number of nitrogens with one attached hydrogen (secondary N) is 2. The molecule has 2 aromatic heterocycles. The van der Waals surface area contributed by atoms with Gasteiger partial charge in [0.15, 0.2) is 12.3 Å². The minimum Gasteiger partial charge on any atom is -0.452 e. The van der Waals surface area contributed by atoms with E-state index in [1.54, 1.807) is 25.3 Å². The first-order chi connectivity index (χ1) is 17.2. The Bertz CT molecular complexity index is 1410. The summed E-state index contributed by atoms with van der Waals surface area (Å²) in [5, 5.41) is 0. The van der Waals surface area contributed by atoms with Gasteiger partial charge in [-0.1, -0.05) is 20.3 Å². The molecular weight excluding hydrogens is 468 g/mol. The first-order valence-electron chi connectivity index (χ1n) is 11.7. The lowest BCUT2D eigenvalue weighted by Gasteiger charge is -2.24. The molecule has 0 atom stereocenters. The van der Waals surface area contributed by atoms with Gasteiger partial charge in [-0.05, 0) is 44.0 Å². The Balaban J connectivity index is 1.79. The molecule has 0 fully saturated rings. The zero-order valence-corrected chi connectivity index (χ0v) is 20.5. The summed E-state index contributed by atoms with van der Waals surface area (Å²) in [6, 6.07) is 6.15. The van der Waals surface area contributed by atoms with Crippen LogP contribution in [-0.2, 0) is 16.1 Å². The third-order valence-electron chi connectivity index (χ3n) is 5.62. The fraction of sp³-hybridized carbons (Fsp3) is 0.375. The number of nitrogens with two attached hydrogens (primary N) is 1. The number of unbranched alkanes of at least 4 members (excludes halogenated alkanes) is 1. The number of nitrogen functional groups attached to an aromatic ring is 1. The zero-order chi connectivity index (χ0) is 26.4. The highest BCUT2D eigenvalue weighted by Crippen LogP contribution is 2.18. The Hall–Kier alpha value is -4.35. The van der Waals surface area contributed by atoms with Crippen molar-refractivity contribution in [3.8, 4) is 5.69 Å². The van der Waals surface area contributed by atoms with E-state index in [-0.39, 0.29) is 35.8 Å². The van der Waals surface area contributed by atoms with Crippen molar-refractivity contribution >= 4 is 23.4 Å². The fourth-order valence-electron chi connectivity index (χ4n) is 3.77. The predicted octanol–water partition coefficient (Wildman–Crippen LogP) is 1.31. The molecule has 0 saturated carbocycles. The van der Waals surface area contributed by atoms with Crippen molar-refractivity contribution in [2.45, 2.75) is 46.6 Å². The molecule has 0 bridgehead atoms. The van der Waals surface area contributed by atoms with E-state index < -0.39 is 29.7 Å². The molecule has 3 aromatic rings. The number of aryl methyl sites for hydroxylation is 1. The van der Waals surface area contributed by atoms with E-state index in [4.69, 9.17) is 10.5 Å². The lowest BCUT2D eigenvalue weighted by atomic mass is 10.2. The first kappa shape index (κ1) is 26.3. The molecule has 0 radical (unpaired) electrons. The minimum atomic E-state index is -0.786. The van der Waals surface area contributed by atoms with Crippen LogP contribution >= 0.6 is 0 Å². The van der Waals surface area contributed by atoms with Crippen LogP contribution in [0.1, 0.15) is 49.2 Å². The highest BCUT2D eigenvalue weighted by atomic mass is 16.5. The van der Waals surface area contributed by atoms with E-state index in [1.807, 2.05) is 13.8 Å². The number of rotatable bonds is 10. The Morgan fingerprint density at radius 1 is 1.06 bits per heavy atom. The summed E-state index contributed by atoms with van der Waals surface area (Å²) in [6.07, 6.45) is 3.46. The van der Waals surface area contributed by atoms with Crippen LogP contribution < -0.4 is 27.6 Å². The Morgan fingerprint density at radius 2 is 1.75 bits per heavy atom. The maximum absolute atomic E-state index is 13.0. The smallest absolute Gasteiger partial charge is 0.338 e. The number of anilines is 2. The summed E-state index contributed by atoms with van der Waals surface area (Å²) in [6.45, 7) is 5.32. The van der Waals surface area contributed by atoms with Gasteiger partial charge in [0.2, 0.25) is 0 Å². The van der Waals surface area contributed by atoms with Crippen molar-refractivity contribution < 1.29 is 14.3 Å². The van der Waals surface area contributed by atoms with E-state index >= 15 is 0 Å². The Kier molecular flexibility index (Phi) is 8.30. The molecule has 0 aliphatic rings. The van der Waals surface area contributed by atoms with Crippen molar-refractivity contribution in [1.29, 1.82) is 0 Å². The van der Waals surface area contributed by atoms with Gasteiger partial charge < -0.3 is 20.4 Å². The van der Waals surface area contributed by atoms with E-state index in [0.29, 0.717) is 24.2 Å². The number of nitrogens with zero attached hydrogens (tertiary/aromatic N) is 3. The number of esters is 1. The van der Waals surface area contributed by atoms with Crippen LogP contribution in [-0.4, -0.2) is 44.1 Å². The number of hydrogen-bond donors (Lipinski definition) is 3. The van der Waals surface area contributed by atoms with Gasteiger partial charge in [0.05, 0.1) is 11.3 Å². The monoisotopic (exact) mass is 498 g/mol. The lowest BCUT2D eigenvalue weighted by Crippen LogP contribution is -2.43. The summed E-state index contributed by atoms with van der Waals surface area (Å²) in [4.78, 5) is 68.2. The molecule has 0 unspecified atom stereocenters. The number of H-pyrrole nitrogens is 2. The molecule has 0 spiro atoms. The molecule has 3 rings (SSSR count). The van der Waals surface area contributed by atoms with Crippen LogP contribution in [0, 0.1) is 6.92 Å². The second-order valence-corrected chi connectivity index (χ2v) is 8.24. The molecule has 0 aliphatic heterocycles.